The van der Waals surface area contributed by atoms with E-state index in [1.165, 1.54) is 58.2 Å². The summed E-state index contributed by atoms with van der Waals surface area (Å²) in [5, 5.41) is 3.63. The maximum atomic E-state index is 11.7. The minimum absolute atomic E-state index is 0.183. The normalized spacial score (nSPS) is 23.0. The Morgan fingerprint density at radius 2 is 1.70 bits per heavy atom. The zero-order valence-electron chi connectivity index (χ0n) is 15.9. The summed E-state index contributed by atoms with van der Waals surface area (Å²) in [5.74, 6) is 1.36. The zero-order valence-corrected chi connectivity index (χ0v) is 15.9. The Kier molecular flexibility index (Phi) is 7.09. The molecule has 0 radical (unpaired) electrons. The van der Waals surface area contributed by atoms with Crippen LogP contribution >= 0.6 is 0 Å². The first-order valence-corrected chi connectivity index (χ1v) is 9.89. The van der Waals surface area contributed by atoms with Crippen LogP contribution < -0.4 is 5.32 Å². The van der Waals surface area contributed by atoms with Gasteiger partial charge in [-0.05, 0) is 62.9 Å². The molecule has 0 atom stereocenters. The molecule has 1 aliphatic carbocycles. The highest BCUT2D eigenvalue weighted by Crippen LogP contribution is 2.44. The van der Waals surface area contributed by atoms with E-state index in [0.717, 1.165) is 12.5 Å². The fraction of sp³-hybridized carbons (Fsp3) is 0.950. The van der Waals surface area contributed by atoms with Crippen LogP contribution in [0.4, 0.5) is 0 Å². The Morgan fingerprint density at radius 1 is 1.09 bits per heavy atom. The molecule has 3 nitrogen and oxygen atoms in total. The fourth-order valence-electron chi connectivity index (χ4n) is 4.35. The van der Waals surface area contributed by atoms with Crippen LogP contribution in [-0.4, -0.2) is 42.9 Å². The van der Waals surface area contributed by atoms with Gasteiger partial charge in [0.05, 0.1) is 0 Å². The van der Waals surface area contributed by atoms with Crippen molar-refractivity contribution >= 4 is 5.78 Å². The van der Waals surface area contributed by atoms with Gasteiger partial charge in [0, 0.05) is 31.5 Å². The van der Waals surface area contributed by atoms with Crippen LogP contribution in [0.15, 0.2) is 0 Å². The van der Waals surface area contributed by atoms with E-state index < -0.39 is 0 Å². The molecule has 2 rings (SSSR count). The molecule has 1 aliphatic heterocycles. The molecule has 0 aromatic rings. The van der Waals surface area contributed by atoms with Gasteiger partial charge in [0.15, 0.2) is 0 Å². The highest BCUT2D eigenvalue weighted by atomic mass is 16.1. The van der Waals surface area contributed by atoms with Crippen molar-refractivity contribution < 1.29 is 4.79 Å². The summed E-state index contributed by atoms with van der Waals surface area (Å²) < 4.78 is 0. The molecule has 0 unspecified atom stereocenters. The molecule has 1 saturated heterocycles. The number of likely N-dealkylation sites (tertiary alicyclic amines) is 1. The van der Waals surface area contributed by atoms with E-state index in [-0.39, 0.29) is 5.92 Å². The monoisotopic (exact) mass is 322 g/mol. The van der Waals surface area contributed by atoms with E-state index in [9.17, 15) is 4.79 Å². The van der Waals surface area contributed by atoms with Crippen molar-refractivity contribution in [3.05, 3.63) is 0 Å². The van der Waals surface area contributed by atoms with Crippen LogP contribution in [0.2, 0.25) is 0 Å². The molecule has 0 bridgehead atoms. The van der Waals surface area contributed by atoms with E-state index in [2.05, 4.69) is 24.1 Å². The molecule has 1 saturated carbocycles. The summed E-state index contributed by atoms with van der Waals surface area (Å²) in [6.07, 6.45) is 8.89. The molecule has 2 fully saturated rings. The lowest BCUT2D eigenvalue weighted by Crippen LogP contribution is -2.45. The lowest BCUT2D eigenvalue weighted by Gasteiger charge is -2.46. The Hall–Kier alpha value is -0.410. The molecule has 1 heterocycles. The topological polar surface area (TPSA) is 32.3 Å². The lowest BCUT2D eigenvalue weighted by atomic mass is 9.67. The molecule has 2 aliphatic rings. The Bertz CT molecular complexity index is 360. The number of rotatable bonds is 7. The van der Waals surface area contributed by atoms with Crippen LogP contribution in [0, 0.1) is 17.3 Å². The molecule has 3 heteroatoms. The van der Waals surface area contributed by atoms with Crippen LogP contribution in [0.3, 0.4) is 0 Å². The van der Waals surface area contributed by atoms with E-state index >= 15 is 0 Å². The first-order chi connectivity index (χ1) is 10.9. The number of nitrogens with zero attached hydrogens (tertiary/aromatic N) is 1. The second-order valence-corrected chi connectivity index (χ2v) is 8.79. The Balaban J connectivity index is 1.65. The molecule has 134 valence electrons. The van der Waals surface area contributed by atoms with Gasteiger partial charge in [0.25, 0.3) is 0 Å². The predicted octanol–water partition coefficient (Wildman–Crippen LogP) is 3.87. The molecular formula is C20H38N2O. The van der Waals surface area contributed by atoms with Gasteiger partial charge < -0.3 is 10.2 Å². The number of ketones is 1. The number of carbonyl (C=O) groups is 1. The minimum Gasteiger partial charge on any atom is -0.314 e. The van der Waals surface area contributed by atoms with E-state index in [1.54, 1.807) is 0 Å². The predicted molar refractivity (Wildman–Crippen MR) is 97.7 cm³/mol. The number of nitrogens with one attached hydrogen (secondary N) is 1. The molecule has 23 heavy (non-hydrogen) atoms. The van der Waals surface area contributed by atoms with Crippen LogP contribution in [0.25, 0.3) is 0 Å². The van der Waals surface area contributed by atoms with Gasteiger partial charge in [-0.3, -0.25) is 4.79 Å². The second-order valence-electron chi connectivity index (χ2n) is 8.79. The van der Waals surface area contributed by atoms with Crippen molar-refractivity contribution in [1.29, 1.82) is 0 Å². The van der Waals surface area contributed by atoms with Gasteiger partial charge >= 0.3 is 0 Å². The third-order valence-electron chi connectivity index (χ3n) is 6.03. The Labute approximate surface area is 143 Å². The quantitative estimate of drug-likeness (QED) is 0.772. The van der Waals surface area contributed by atoms with Gasteiger partial charge in [-0.15, -0.1) is 0 Å². The van der Waals surface area contributed by atoms with Crippen molar-refractivity contribution in [2.45, 2.75) is 78.7 Å². The van der Waals surface area contributed by atoms with Gasteiger partial charge in [0.1, 0.15) is 5.78 Å². The number of hydrogen-bond acceptors (Lipinski definition) is 3. The van der Waals surface area contributed by atoms with Gasteiger partial charge in [0.2, 0.25) is 0 Å². The third kappa shape index (κ3) is 5.86. The third-order valence-corrected chi connectivity index (χ3v) is 6.03. The highest BCUT2D eigenvalue weighted by Gasteiger charge is 2.37. The van der Waals surface area contributed by atoms with Crippen molar-refractivity contribution in [1.82, 2.24) is 10.2 Å². The maximum Gasteiger partial charge on any atom is 0.136 e. The van der Waals surface area contributed by atoms with Gasteiger partial charge in [-0.2, -0.15) is 0 Å². The first-order valence-electron chi connectivity index (χ1n) is 9.89. The average Bonchev–Trinajstić information content (AvgIpc) is 2.51. The maximum absolute atomic E-state index is 11.7. The number of piperidine rings is 1. The molecule has 0 aromatic heterocycles. The summed E-state index contributed by atoms with van der Waals surface area (Å²) in [7, 11) is 0. The number of carbonyl (C=O) groups excluding carboxylic acids is 1. The van der Waals surface area contributed by atoms with Crippen molar-refractivity contribution in [2.24, 2.45) is 17.3 Å². The lowest BCUT2D eigenvalue weighted by molar-refractivity contribution is -0.121. The largest absolute Gasteiger partial charge is 0.314 e. The first kappa shape index (κ1) is 18.9. The summed E-state index contributed by atoms with van der Waals surface area (Å²) in [6, 6.07) is 0.647. The zero-order chi connectivity index (χ0) is 16.9. The summed E-state index contributed by atoms with van der Waals surface area (Å²) in [6.45, 7) is 13.4. The molecule has 1 spiro atoms. The van der Waals surface area contributed by atoms with Crippen LogP contribution in [-0.2, 0) is 4.79 Å². The molecular weight excluding hydrogens is 284 g/mol. The smallest absolute Gasteiger partial charge is 0.136 e. The van der Waals surface area contributed by atoms with Gasteiger partial charge in [-0.1, -0.05) is 27.7 Å². The number of hydrogen-bond donors (Lipinski definition) is 1. The fourth-order valence-corrected chi connectivity index (χ4v) is 4.35. The minimum atomic E-state index is 0.183. The van der Waals surface area contributed by atoms with Crippen molar-refractivity contribution in [3.63, 3.8) is 0 Å². The van der Waals surface area contributed by atoms with E-state index in [1.807, 2.05) is 13.8 Å². The van der Waals surface area contributed by atoms with E-state index in [0.29, 0.717) is 23.7 Å². The summed E-state index contributed by atoms with van der Waals surface area (Å²) >= 11 is 0. The Morgan fingerprint density at radius 3 is 2.22 bits per heavy atom. The van der Waals surface area contributed by atoms with Crippen LogP contribution in [0.5, 0.6) is 0 Å². The van der Waals surface area contributed by atoms with Gasteiger partial charge in [-0.25, -0.2) is 0 Å². The highest BCUT2D eigenvalue weighted by molar-refractivity contribution is 5.80. The van der Waals surface area contributed by atoms with E-state index in [4.69, 9.17) is 0 Å². The van der Waals surface area contributed by atoms with Crippen LogP contribution in [0.1, 0.15) is 72.6 Å². The average molecular weight is 323 g/mol. The van der Waals surface area contributed by atoms with Crippen molar-refractivity contribution in [2.75, 3.05) is 26.2 Å². The number of Topliss-reactive ketones (excluding diaryl/α,β-unsaturated/α-hetero) is 1. The standard InChI is InChI=1S/C20H38N2O/c1-16(2)15-22-13-10-20(11-14-22)8-5-18(6-9-20)21-12-7-19(23)17(3)4/h16-18,21H,5-15H2,1-4H3. The van der Waals surface area contributed by atoms with Crippen molar-refractivity contribution in [3.8, 4) is 0 Å². The summed E-state index contributed by atoms with van der Waals surface area (Å²) in [4.78, 5) is 14.4. The molecule has 0 aromatic carbocycles. The summed E-state index contributed by atoms with van der Waals surface area (Å²) in [5.41, 5.74) is 0.638. The molecule has 0 amide bonds. The molecule has 1 N–H and O–H groups in total. The SMILES string of the molecule is CC(C)CN1CCC2(CCC(NCCC(=O)C(C)C)CC2)CC1. The second kappa shape index (κ2) is 8.62.